The Labute approximate surface area is 144 Å². The summed E-state index contributed by atoms with van der Waals surface area (Å²) in [4.78, 5) is 15.3. The first kappa shape index (κ1) is 15.7. The van der Waals surface area contributed by atoms with Gasteiger partial charge in [-0.2, -0.15) is 0 Å². The van der Waals surface area contributed by atoms with Crippen LogP contribution in [0, 0.1) is 5.82 Å². The van der Waals surface area contributed by atoms with Crippen LogP contribution in [0.5, 0.6) is 5.88 Å². The first-order valence-corrected chi connectivity index (χ1v) is 8.02. The second-order valence-electron chi connectivity index (χ2n) is 5.92. The Morgan fingerprint density at radius 1 is 1.24 bits per heavy atom. The van der Waals surface area contributed by atoms with E-state index >= 15 is 0 Å². The summed E-state index contributed by atoms with van der Waals surface area (Å²) < 4.78 is 23.9. The van der Waals surface area contributed by atoms with Crippen LogP contribution in [0.25, 0.3) is 11.5 Å². The predicted octanol–water partition coefficient (Wildman–Crippen LogP) is 2.84. The van der Waals surface area contributed by atoms with Crippen molar-refractivity contribution in [3.05, 3.63) is 59.6 Å². The van der Waals surface area contributed by atoms with E-state index in [1.165, 1.54) is 12.1 Å². The number of fused-ring (bicyclic) bond motifs is 1. The lowest BCUT2D eigenvalue weighted by molar-refractivity contribution is 0.233. The van der Waals surface area contributed by atoms with Crippen LogP contribution in [0.1, 0.15) is 17.0 Å². The van der Waals surface area contributed by atoms with Crippen molar-refractivity contribution in [3.8, 4) is 17.3 Å². The van der Waals surface area contributed by atoms with Gasteiger partial charge in [0.15, 0.2) is 0 Å². The zero-order valence-corrected chi connectivity index (χ0v) is 13.8. The minimum Gasteiger partial charge on any atom is -0.481 e. The largest absolute Gasteiger partial charge is 0.481 e. The normalized spacial score (nSPS) is 14.3. The van der Waals surface area contributed by atoms with Crippen LogP contribution < -0.4 is 4.74 Å². The minimum absolute atomic E-state index is 0.279. The van der Waals surface area contributed by atoms with Gasteiger partial charge in [0.1, 0.15) is 18.4 Å². The SMILES string of the molecule is COc1ncnc2c1CN(Cc1coc(-c3ccc(F)cc3)n1)CC2. The van der Waals surface area contributed by atoms with Crippen molar-refractivity contribution in [2.45, 2.75) is 19.5 Å². The van der Waals surface area contributed by atoms with Gasteiger partial charge in [0.05, 0.1) is 18.5 Å². The van der Waals surface area contributed by atoms with Gasteiger partial charge in [-0.25, -0.2) is 19.3 Å². The van der Waals surface area contributed by atoms with Crippen molar-refractivity contribution in [2.24, 2.45) is 0 Å². The van der Waals surface area contributed by atoms with Crippen LogP contribution in [0.4, 0.5) is 4.39 Å². The van der Waals surface area contributed by atoms with Crippen LogP contribution in [0.15, 0.2) is 41.3 Å². The van der Waals surface area contributed by atoms with Gasteiger partial charge in [0, 0.05) is 37.2 Å². The fourth-order valence-electron chi connectivity index (χ4n) is 3.02. The van der Waals surface area contributed by atoms with Crippen molar-refractivity contribution < 1.29 is 13.5 Å². The molecule has 1 aliphatic rings. The van der Waals surface area contributed by atoms with Gasteiger partial charge in [-0.1, -0.05) is 0 Å². The fourth-order valence-corrected chi connectivity index (χ4v) is 3.02. The van der Waals surface area contributed by atoms with Gasteiger partial charge in [-0.15, -0.1) is 0 Å². The third-order valence-electron chi connectivity index (χ3n) is 4.26. The molecule has 0 amide bonds. The van der Waals surface area contributed by atoms with Gasteiger partial charge in [0.2, 0.25) is 11.8 Å². The fraction of sp³-hybridized carbons (Fsp3) is 0.278. The summed E-state index contributed by atoms with van der Waals surface area (Å²) >= 11 is 0. The van der Waals surface area contributed by atoms with E-state index in [2.05, 4.69) is 19.9 Å². The number of aromatic nitrogens is 3. The highest BCUT2D eigenvalue weighted by molar-refractivity contribution is 5.52. The molecule has 6 nitrogen and oxygen atoms in total. The highest BCUT2D eigenvalue weighted by Gasteiger charge is 2.22. The summed E-state index contributed by atoms with van der Waals surface area (Å²) in [7, 11) is 1.62. The van der Waals surface area contributed by atoms with E-state index in [9.17, 15) is 4.39 Å². The summed E-state index contributed by atoms with van der Waals surface area (Å²) in [5.74, 6) is 0.842. The zero-order valence-electron chi connectivity index (χ0n) is 13.8. The van der Waals surface area contributed by atoms with E-state index in [0.29, 0.717) is 24.9 Å². The second kappa shape index (κ2) is 6.60. The van der Waals surface area contributed by atoms with Crippen LogP contribution in [0.3, 0.4) is 0 Å². The average molecular weight is 340 g/mol. The van der Waals surface area contributed by atoms with E-state index in [1.54, 1.807) is 31.8 Å². The predicted molar refractivity (Wildman–Crippen MR) is 88.3 cm³/mol. The molecule has 0 saturated carbocycles. The monoisotopic (exact) mass is 340 g/mol. The lowest BCUT2D eigenvalue weighted by Crippen LogP contribution is -2.31. The van der Waals surface area contributed by atoms with Gasteiger partial charge in [-0.05, 0) is 24.3 Å². The van der Waals surface area contributed by atoms with Gasteiger partial charge < -0.3 is 9.15 Å². The first-order chi connectivity index (χ1) is 12.2. The van der Waals surface area contributed by atoms with Crippen LogP contribution in [-0.4, -0.2) is 33.5 Å². The lowest BCUT2D eigenvalue weighted by atomic mass is 10.1. The maximum atomic E-state index is 13.0. The highest BCUT2D eigenvalue weighted by atomic mass is 19.1. The molecule has 0 unspecified atom stereocenters. The molecular formula is C18H17FN4O2. The molecule has 3 heterocycles. The Balaban J connectivity index is 1.49. The topological polar surface area (TPSA) is 64.3 Å². The van der Waals surface area contributed by atoms with Crippen molar-refractivity contribution >= 4 is 0 Å². The lowest BCUT2D eigenvalue weighted by Gasteiger charge is -2.27. The van der Waals surface area contributed by atoms with Crippen molar-refractivity contribution in [3.63, 3.8) is 0 Å². The Morgan fingerprint density at radius 3 is 2.88 bits per heavy atom. The Morgan fingerprint density at radius 2 is 2.08 bits per heavy atom. The van der Waals surface area contributed by atoms with E-state index < -0.39 is 0 Å². The van der Waals surface area contributed by atoms with Crippen LogP contribution in [-0.2, 0) is 19.5 Å². The molecule has 4 rings (SSSR count). The van der Waals surface area contributed by atoms with Gasteiger partial charge >= 0.3 is 0 Å². The van der Waals surface area contributed by atoms with Crippen molar-refractivity contribution in [1.29, 1.82) is 0 Å². The molecule has 2 aromatic heterocycles. The molecule has 0 fully saturated rings. The molecule has 1 aliphatic heterocycles. The van der Waals surface area contributed by atoms with E-state index in [0.717, 1.165) is 35.5 Å². The standard InChI is InChI=1S/C18H17FN4O2/c1-24-18-15-9-23(7-6-16(15)20-11-21-18)8-14-10-25-17(22-14)12-2-4-13(19)5-3-12/h2-5,10-11H,6-9H2,1H3. The molecule has 7 heteroatoms. The second-order valence-corrected chi connectivity index (χ2v) is 5.92. The number of rotatable bonds is 4. The quantitative estimate of drug-likeness (QED) is 0.728. The van der Waals surface area contributed by atoms with E-state index in [4.69, 9.17) is 9.15 Å². The number of methoxy groups -OCH3 is 1. The molecule has 25 heavy (non-hydrogen) atoms. The number of ether oxygens (including phenoxy) is 1. The molecule has 0 saturated heterocycles. The summed E-state index contributed by atoms with van der Waals surface area (Å²) in [5.41, 5.74) is 3.65. The van der Waals surface area contributed by atoms with E-state index in [-0.39, 0.29) is 5.82 Å². The molecule has 3 aromatic rings. The molecular weight excluding hydrogens is 323 g/mol. The summed E-state index contributed by atoms with van der Waals surface area (Å²) in [6.45, 7) is 2.24. The maximum Gasteiger partial charge on any atom is 0.226 e. The van der Waals surface area contributed by atoms with Crippen LogP contribution >= 0.6 is 0 Å². The summed E-state index contributed by atoms with van der Waals surface area (Å²) in [5, 5.41) is 0. The Hall–Kier alpha value is -2.80. The minimum atomic E-state index is -0.279. The number of hydrogen-bond acceptors (Lipinski definition) is 6. The molecule has 0 spiro atoms. The third-order valence-corrected chi connectivity index (χ3v) is 4.26. The maximum absolute atomic E-state index is 13.0. The highest BCUT2D eigenvalue weighted by Crippen LogP contribution is 2.26. The first-order valence-electron chi connectivity index (χ1n) is 8.02. The number of halogens is 1. The molecule has 128 valence electrons. The molecule has 0 aliphatic carbocycles. The van der Waals surface area contributed by atoms with Crippen LogP contribution in [0.2, 0.25) is 0 Å². The van der Waals surface area contributed by atoms with Crippen molar-refractivity contribution in [1.82, 2.24) is 19.9 Å². The molecule has 0 N–H and O–H groups in total. The number of hydrogen-bond donors (Lipinski definition) is 0. The number of benzene rings is 1. The van der Waals surface area contributed by atoms with E-state index in [1.807, 2.05) is 0 Å². The molecule has 0 bridgehead atoms. The van der Waals surface area contributed by atoms with Gasteiger partial charge in [-0.3, -0.25) is 4.90 Å². The molecule has 0 radical (unpaired) electrons. The Bertz CT molecular complexity index is 865. The average Bonchev–Trinajstić information content (AvgIpc) is 3.10. The third kappa shape index (κ3) is 3.23. The Kier molecular flexibility index (Phi) is 4.15. The van der Waals surface area contributed by atoms with Crippen molar-refractivity contribution in [2.75, 3.05) is 13.7 Å². The van der Waals surface area contributed by atoms with Gasteiger partial charge in [0.25, 0.3) is 0 Å². The zero-order chi connectivity index (χ0) is 17.2. The smallest absolute Gasteiger partial charge is 0.226 e. The number of nitrogens with zero attached hydrogens (tertiary/aromatic N) is 4. The summed E-state index contributed by atoms with van der Waals surface area (Å²) in [6.07, 6.45) is 4.03. The summed E-state index contributed by atoms with van der Waals surface area (Å²) in [6, 6.07) is 6.11. The molecule has 0 atom stereocenters. The molecule has 1 aromatic carbocycles. The number of oxazole rings is 1.